The van der Waals surface area contributed by atoms with Crippen molar-refractivity contribution in [3.05, 3.63) is 71.2 Å². The summed E-state index contributed by atoms with van der Waals surface area (Å²) in [6.45, 7) is 5.74. The summed E-state index contributed by atoms with van der Waals surface area (Å²) in [7, 11) is 0. The summed E-state index contributed by atoms with van der Waals surface area (Å²) in [6.07, 6.45) is 0. The second-order valence-corrected chi connectivity index (χ2v) is 8.06. The van der Waals surface area contributed by atoms with E-state index < -0.39 is 0 Å². The number of benzene rings is 2. The molecule has 0 radical (unpaired) electrons. The quantitative estimate of drug-likeness (QED) is 0.618. The lowest BCUT2D eigenvalue weighted by Gasteiger charge is -2.36. The maximum Gasteiger partial charge on any atom is 0.278 e. The molecule has 0 unspecified atom stereocenters. The zero-order valence-electron chi connectivity index (χ0n) is 18.7. The molecule has 8 heteroatoms. The highest BCUT2D eigenvalue weighted by Gasteiger charge is 2.42. The Bertz CT molecular complexity index is 1030. The van der Waals surface area contributed by atoms with Crippen LogP contribution in [0, 0.1) is 5.82 Å². The van der Waals surface area contributed by atoms with Gasteiger partial charge in [0.1, 0.15) is 17.3 Å². The number of carbonyl (C=O) groups is 2. The first-order chi connectivity index (χ1) is 16.0. The largest absolute Gasteiger partial charge is 0.494 e. The highest BCUT2D eigenvalue weighted by molar-refractivity contribution is 6.35. The number of hydrogen-bond acceptors (Lipinski definition) is 6. The van der Waals surface area contributed by atoms with Gasteiger partial charge in [0, 0.05) is 32.7 Å². The third-order valence-corrected chi connectivity index (χ3v) is 5.96. The van der Waals surface area contributed by atoms with Crippen LogP contribution in [0.5, 0.6) is 5.75 Å². The van der Waals surface area contributed by atoms with Crippen LogP contribution < -0.4 is 4.74 Å². The van der Waals surface area contributed by atoms with E-state index in [1.165, 1.54) is 17.0 Å². The summed E-state index contributed by atoms with van der Waals surface area (Å²) in [6, 6.07) is 13.0. The Morgan fingerprint density at radius 3 is 2.21 bits per heavy atom. The third kappa shape index (κ3) is 4.91. The molecule has 7 nitrogen and oxygen atoms in total. The van der Waals surface area contributed by atoms with Gasteiger partial charge in [-0.1, -0.05) is 24.3 Å². The number of nitrogens with zero attached hydrogens (tertiary/aromatic N) is 3. The number of halogens is 1. The molecule has 33 heavy (non-hydrogen) atoms. The number of carbonyl (C=O) groups excluding carboxylic acids is 2. The SMILES string of the molecule is CCOc1ccc(C2=C(N3CCN(CCO)CC3)C(=O)N(Cc3ccc(F)cc3)C2=O)cc1. The fourth-order valence-electron chi connectivity index (χ4n) is 4.25. The van der Waals surface area contributed by atoms with Gasteiger partial charge in [-0.2, -0.15) is 0 Å². The normalized spacial score (nSPS) is 17.3. The molecule has 2 aromatic rings. The molecule has 2 aliphatic heterocycles. The van der Waals surface area contributed by atoms with Crippen LogP contribution in [-0.2, 0) is 16.1 Å². The number of ether oxygens (including phenoxy) is 1. The Morgan fingerprint density at radius 1 is 0.939 bits per heavy atom. The van der Waals surface area contributed by atoms with Crippen molar-refractivity contribution in [2.75, 3.05) is 45.9 Å². The summed E-state index contributed by atoms with van der Waals surface area (Å²) in [4.78, 5) is 32.3. The van der Waals surface area contributed by atoms with Gasteiger partial charge >= 0.3 is 0 Å². The lowest BCUT2D eigenvalue weighted by Crippen LogP contribution is -2.48. The summed E-state index contributed by atoms with van der Waals surface area (Å²) in [5.41, 5.74) is 2.11. The van der Waals surface area contributed by atoms with Crippen LogP contribution in [0.25, 0.3) is 5.57 Å². The predicted molar refractivity (Wildman–Crippen MR) is 122 cm³/mol. The monoisotopic (exact) mass is 453 g/mol. The molecule has 0 saturated carbocycles. The molecule has 4 rings (SSSR count). The van der Waals surface area contributed by atoms with E-state index in [1.807, 2.05) is 11.8 Å². The van der Waals surface area contributed by atoms with E-state index in [0.717, 1.165) is 0 Å². The van der Waals surface area contributed by atoms with Crippen LogP contribution in [-0.4, -0.2) is 77.6 Å². The van der Waals surface area contributed by atoms with Crippen LogP contribution in [0.4, 0.5) is 4.39 Å². The van der Waals surface area contributed by atoms with Crippen molar-refractivity contribution >= 4 is 17.4 Å². The molecular formula is C25H28FN3O4. The number of aliphatic hydroxyl groups excluding tert-OH is 1. The van der Waals surface area contributed by atoms with Crippen LogP contribution in [0.3, 0.4) is 0 Å². The topological polar surface area (TPSA) is 73.3 Å². The number of rotatable bonds is 8. The number of piperazine rings is 1. The molecule has 0 atom stereocenters. The van der Waals surface area contributed by atoms with E-state index in [1.54, 1.807) is 36.4 Å². The van der Waals surface area contributed by atoms with Crippen molar-refractivity contribution in [3.8, 4) is 5.75 Å². The molecule has 1 N–H and O–H groups in total. The fourth-order valence-corrected chi connectivity index (χ4v) is 4.25. The number of hydrogen-bond donors (Lipinski definition) is 1. The molecule has 0 aliphatic carbocycles. The predicted octanol–water partition coefficient (Wildman–Crippen LogP) is 2.11. The summed E-state index contributed by atoms with van der Waals surface area (Å²) in [5, 5.41) is 9.21. The van der Waals surface area contributed by atoms with E-state index in [4.69, 9.17) is 4.74 Å². The van der Waals surface area contributed by atoms with Crippen LogP contribution in [0.15, 0.2) is 54.2 Å². The highest BCUT2D eigenvalue weighted by atomic mass is 19.1. The maximum atomic E-state index is 13.5. The Morgan fingerprint density at radius 2 is 1.61 bits per heavy atom. The number of β-amino-alcohol motifs (C(OH)–C–C–N with tert-alkyl or cyclic N) is 1. The van der Waals surface area contributed by atoms with Crippen molar-refractivity contribution in [3.63, 3.8) is 0 Å². The van der Waals surface area contributed by atoms with Crippen LogP contribution in [0.2, 0.25) is 0 Å². The average molecular weight is 454 g/mol. The molecule has 1 saturated heterocycles. The standard InChI is InChI=1S/C25H28FN3O4/c1-2-33-21-9-5-19(6-10-21)22-23(28-13-11-27(12-14-28)15-16-30)25(32)29(24(22)31)17-18-3-7-20(26)8-4-18/h3-10,30H,2,11-17H2,1H3. The van der Waals surface area contributed by atoms with Crippen molar-refractivity contribution in [1.82, 2.24) is 14.7 Å². The molecule has 0 aromatic heterocycles. The maximum absolute atomic E-state index is 13.5. The third-order valence-electron chi connectivity index (χ3n) is 5.96. The first kappa shape index (κ1) is 22.9. The van der Waals surface area contributed by atoms with Gasteiger partial charge in [0.2, 0.25) is 0 Å². The van der Waals surface area contributed by atoms with Crippen molar-refractivity contribution in [1.29, 1.82) is 0 Å². The van der Waals surface area contributed by atoms with Crippen molar-refractivity contribution in [2.24, 2.45) is 0 Å². The van der Waals surface area contributed by atoms with Gasteiger partial charge in [0.25, 0.3) is 11.8 Å². The van der Waals surface area contributed by atoms with E-state index in [2.05, 4.69) is 4.90 Å². The average Bonchev–Trinajstić information content (AvgIpc) is 3.07. The Labute approximate surface area is 192 Å². The minimum absolute atomic E-state index is 0.0758. The van der Waals surface area contributed by atoms with E-state index >= 15 is 0 Å². The minimum Gasteiger partial charge on any atom is -0.494 e. The molecular weight excluding hydrogens is 425 g/mol. The number of imide groups is 1. The van der Waals surface area contributed by atoms with Gasteiger partial charge in [-0.15, -0.1) is 0 Å². The van der Waals surface area contributed by atoms with Gasteiger partial charge in [-0.3, -0.25) is 19.4 Å². The summed E-state index contributed by atoms with van der Waals surface area (Å²) in [5.74, 6) is -0.376. The van der Waals surface area contributed by atoms with Crippen LogP contribution >= 0.6 is 0 Å². The van der Waals surface area contributed by atoms with Crippen molar-refractivity contribution < 1.29 is 23.8 Å². The van der Waals surface area contributed by atoms with Crippen LogP contribution in [0.1, 0.15) is 18.1 Å². The molecule has 2 aromatic carbocycles. The van der Waals surface area contributed by atoms with Crippen molar-refractivity contribution in [2.45, 2.75) is 13.5 Å². The zero-order chi connectivity index (χ0) is 23.4. The van der Waals surface area contributed by atoms with Gasteiger partial charge < -0.3 is 14.7 Å². The number of aliphatic hydroxyl groups is 1. The summed E-state index contributed by atoms with van der Waals surface area (Å²) < 4.78 is 18.8. The first-order valence-electron chi connectivity index (χ1n) is 11.2. The van der Waals surface area contributed by atoms with Gasteiger partial charge in [-0.25, -0.2) is 4.39 Å². The molecule has 2 heterocycles. The fraction of sp³-hybridized carbons (Fsp3) is 0.360. The summed E-state index contributed by atoms with van der Waals surface area (Å²) >= 11 is 0. The zero-order valence-corrected chi connectivity index (χ0v) is 18.7. The minimum atomic E-state index is -0.368. The number of amides is 2. The smallest absolute Gasteiger partial charge is 0.278 e. The second-order valence-electron chi connectivity index (χ2n) is 8.06. The molecule has 0 spiro atoms. The second kappa shape index (κ2) is 10.1. The molecule has 2 amide bonds. The van der Waals surface area contributed by atoms with E-state index in [0.29, 0.717) is 67.5 Å². The van der Waals surface area contributed by atoms with E-state index in [-0.39, 0.29) is 30.8 Å². The lowest BCUT2D eigenvalue weighted by atomic mass is 10.0. The Hall–Kier alpha value is -3.23. The van der Waals surface area contributed by atoms with Gasteiger partial charge in [-0.05, 0) is 42.3 Å². The molecule has 2 aliphatic rings. The Kier molecular flexibility index (Phi) is 7.05. The van der Waals surface area contributed by atoms with Gasteiger partial charge in [0.05, 0.1) is 25.3 Å². The molecule has 0 bridgehead atoms. The highest BCUT2D eigenvalue weighted by Crippen LogP contribution is 2.34. The van der Waals surface area contributed by atoms with E-state index in [9.17, 15) is 19.1 Å². The molecule has 1 fully saturated rings. The first-order valence-corrected chi connectivity index (χ1v) is 11.2. The molecule has 174 valence electrons. The van der Waals surface area contributed by atoms with Gasteiger partial charge in [0.15, 0.2) is 0 Å². The Balaban J connectivity index is 1.65. The lowest BCUT2D eigenvalue weighted by molar-refractivity contribution is -0.138.